The molecule has 6 nitrogen and oxygen atoms in total. The first-order valence-electron chi connectivity index (χ1n) is 12.1. The highest BCUT2D eigenvalue weighted by atomic mass is 32.1. The molecule has 1 aliphatic carbocycles. The van der Waals surface area contributed by atoms with Crippen molar-refractivity contribution in [3.05, 3.63) is 74.9 Å². The van der Waals surface area contributed by atoms with Crippen LogP contribution in [0.1, 0.15) is 64.4 Å². The summed E-state index contributed by atoms with van der Waals surface area (Å²) in [7, 11) is 0. The number of benzene rings is 1. The van der Waals surface area contributed by atoms with Crippen molar-refractivity contribution in [1.29, 1.82) is 0 Å². The van der Waals surface area contributed by atoms with Crippen LogP contribution in [0.5, 0.6) is 0 Å². The molecule has 2 aliphatic rings. The number of carbonyl (C=O) groups excluding carboxylic acids is 2. The highest BCUT2D eigenvalue weighted by molar-refractivity contribution is 7.15. The van der Waals surface area contributed by atoms with Crippen molar-refractivity contribution in [2.24, 2.45) is 5.10 Å². The Morgan fingerprint density at radius 1 is 1.14 bits per heavy atom. The van der Waals surface area contributed by atoms with Crippen LogP contribution >= 0.6 is 11.3 Å². The number of amides is 1. The maximum atomic E-state index is 13.2. The number of carbonyl (C=O) groups is 2. The van der Waals surface area contributed by atoms with Gasteiger partial charge in [-0.15, -0.1) is 11.3 Å². The quantitative estimate of drug-likeness (QED) is 0.327. The van der Waals surface area contributed by atoms with Gasteiger partial charge in [0.2, 0.25) is 0 Å². The number of hydrogen-bond acceptors (Lipinski definition) is 5. The molecule has 35 heavy (non-hydrogen) atoms. The van der Waals surface area contributed by atoms with Gasteiger partial charge in [0, 0.05) is 16.3 Å². The number of anilines is 1. The zero-order chi connectivity index (χ0) is 24.7. The molecule has 0 spiro atoms. The monoisotopic (exact) mass is 487 g/mol. The summed E-state index contributed by atoms with van der Waals surface area (Å²) in [5.41, 5.74) is 6.79. The van der Waals surface area contributed by atoms with E-state index in [4.69, 9.17) is 4.74 Å². The van der Waals surface area contributed by atoms with Crippen molar-refractivity contribution in [3.8, 4) is 5.00 Å². The second kappa shape index (κ2) is 9.30. The largest absolute Gasteiger partial charge is 0.462 e. The summed E-state index contributed by atoms with van der Waals surface area (Å²) in [5, 5.41) is 6.87. The molecule has 180 valence electrons. The van der Waals surface area contributed by atoms with E-state index in [1.807, 2.05) is 64.1 Å². The summed E-state index contributed by atoms with van der Waals surface area (Å²) in [6.45, 7) is 8.12. The van der Waals surface area contributed by atoms with E-state index in [-0.39, 0.29) is 11.9 Å². The number of fused-ring (bicyclic) bond motifs is 1. The van der Waals surface area contributed by atoms with Gasteiger partial charge in [-0.1, -0.05) is 18.2 Å². The van der Waals surface area contributed by atoms with Gasteiger partial charge in [0.25, 0.3) is 5.91 Å². The molecule has 5 rings (SSSR count). The number of thiophene rings is 1. The number of nitrogens with zero attached hydrogens (tertiary/aromatic N) is 3. The highest BCUT2D eigenvalue weighted by Gasteiger charge is 2.31. The molecule has 0 atom stereocenters. The lowest BCUT2D eigenvalue weighted by molar-refractivity contribution is -0.114. The lowest BCUT2D eigenvalue weighted by Gasteiger charge is -2.13. The Kier molecular flexibility index (Phi) is 6.19. The average molecular weight is 488 g/mol. The standard InChI is InChI=1S/C28H29N3O3S/c1-5-34-28(33)25-22-13-9-10-14-24(22)35-27(25)30-17(2)15-20(19(30)4)16-23-18(3)29-31(26(23)32)21-11-7-6-8-12-21/h6-8,11-12,15-16H,5,9-10,13-14H2,1-4H3. The predicted molar refractivity (Wildman–Crippen MR) is 141 cm³/mol. The lowest BCUT2D eigenvalue weighted by Crippen LogP contribution is -2.21. The number of aryl methyl sites for hydroxylation is 2. The second-order valence-electron chi connectivity index (χ2n) is 8.97. The zero-order valence-corrected chi connectivity index (χ0v) is 21.4. The molecule has 0 bridgehead atoms. The van der Waals surface area contributed by atoms with Gasteiger partial charge in [-0.2, -0.15) is 10.1 Å². The smallest absolute Gasteiger partial charge is 0.341 e. The van der Waals surface area contributed by atoms with Crippen LogP contribution < -0.4 is 5.01 Å². The van der Waals surface area contributed by atoms with E-state index in [0.29, 0.717) is 23.5 Å². The number of ether oxygens (including phenoxy) is 1. The SMILES string of the molecule is CCOC(=O)c1c(-n2c(C)cc(C=C3C(=O)N(c4ccccc4)N=C3C)c2C)sc2c1CCCC2. The molecule has 1 amide bonds. The molecular formula is C28H29N3O3S. The van der Waals surface area contributed by atoms with Gasteiger partial charge >= 0.3 is 5.97 Å². The van der Waals surface area contributed by atoms with Crippen LogP contribution in [0.3, 0.4) is 0 Å². The molecule has 0 radical (unpaired) electrons. The molecule has 1 aliphatic heterocycles. The molecule has 3 heterocycles. The summed E-state index contributed by atoms with van der Waals surface area (Å²) < 4.78 is 7.61. The molecule has 0 fully saturated rings. The van der Waals surface area contributed by atoms with E-state index >= 15 is 0 Å². The molecule has 7 heteroatoms. The lowest BCUT2D eigenvalue weighted by atomic mass is 9.95. The van der Waals surface area contributed by atoms with E-state index in [2.05, 4.69) is 15.7 Å². The molecule has 0 unspecified atom stereocenters. The average Bonchev–Trinajstić information content (AvgIpc) is 3.46. The van der Waals surface area contributed by atoms with Crippen molar-refractivity contribution in [2.75, 3.05) is 11.6 Å². The van der Waals surface area contributed by atoms with E-state index < -0.39 is 0 Å². The van der Waals surface area contributed by atoms with Crippen LogP contribution in [0.4, 0.5) is 5.69 Å². The van der Waals surface area contributed by atoms with Crippen molar-refractivity contribution in [1.82, 2.24) is 4.57 Å². The second-order valence-corrected chi connectivity index (χ2v) is 10.1. The molecule has 0 saturated heterocycles. The number of hydrazone groups is 1. The topological polar surface area (TPSA) is 63.9 Å². The Hall–Kier alpha value is -3.45. The maximum absolute atomic E-state index is 13.2. The van der Waals surface area contributed by atoms with E-state index in [1.54, 1.807) is 11.3 Å². The van der Waals surface area contributed by atoms with Crippen LogP contribution in [0.25, 0.3) is 11.1 Å². The van der Waals surface area contributed by atoms with Gasteiger partial charge in [0.05, 0.1) is 29.1 Å². The predicted octanol–water partition coefficient (Wildman–Crippen LogP) is 6.02. The fourth-order valence-corrected chi connectivity index (χ4v) is 6.44. The summed E-state index contributed by atoms with van der Waals surface area (Å²) in [4.78, 5) is 27.5. The van der Waals surface area contributed by atoms with Crippen LogP contribution in [-0.2, 0) is 22.4 Å². The number of esters is 1. The minimum absolute atomic E-state index is 0.141. The van der Waals surface area contributed by atoms with Gasteiger partial charge in [0.1, 0.15) is 5.00 Å². The van der Waals surface area contributed by atoms with Gasteiger partial charge in [-0.3, -0.25) is 4.79 Å². The molecule has 3 aromatic rings. The Labute approximate surface area is 209 Å². The molecular weight excluding hydrogens is 458 g/mol. The summed E-state index contributed by atoms with van der Waals surface area (Å²) in [5.74, 6) is -0.390. The Morgan fingerprint density at radius 3 is 2.63 bits per heavy atom. The molecule has 0 saturated carbocycles. The zero-order valence-electron chi connectivity index (χ0n) is 20.6. The van der Waals surface area contributed by atoms with E-state index in [1.165, 1.54) is 9.89 Å². The number of hydrogen-bond donors (Lipinski definition) is 0. The molecule has 1 aromatic carbocycles. The maximum Gasteiger partial charge on any atom is 0.341 e. The van der Waals surface area contributed by atoms with Crippen LogP contribution in [0.2, 0.25) is 0 Å². The number of aromatic nitrogens is 1. The minimum Gasteiger partial charge on any atom is -0.462 e. The third kappa shape index (κ3) is 4.04. The minimum atomic E-state index is -0.248. The first-order valence-corrected chi connectivity index (χ1v) is 12.9. The fourth-order valence-electron chi connectivity index (χ4n) is 4.95. The fraction of sp³-hybridized carbons (Fsp3) is 0.321. The van der Waals surface area contributed by atoms with Gasteiger partial charge in [-0.05, 0) is 88.8 Å². The van der Waals surface area contributed by atoms with Gasteiger partial charge < -0.3 is 9.30 Å². The van der Waals surface area contributed by atoms with Crippen LogP contribution in [0, 0.1) is 13.8 Å². The Bertz CT molecular complexity index is 1380. The number of para-hydroxylation sites is 1. The van der Waals surface area contributed by atoms with Gasteiger partial charge in [-0.25, -0.2) is 4.79 Å². The van der Waals surface area contributed by atoms with Crippen molar-refractivity contribution in [3.63, 3.8) is 0 Å². The molecule has 2 aromatic heterocycles. The van der Waals surface area contributed by atoms with Crippen LogP contribution in [-0.4, -0.2) is 28.8 Å². The third-order valence-corrected chi connectivity index (χ3v) is 7.95. The third-order valence-electron chi connectivity index (χ3n) is 6.67. The molecule has 0 N–H and O–H groups in total. The van der Waals surface area contributed by atoms with Crippen molar-refractivity contribution < 1.29 is 14.3 Å². The van der Waals surface area contributed by atoms with Crippen molar-refractivity contribution in [2.45, 2.75) is 53.4 Å². The Morgan fingerprint density at radius 2 is 1.89 bits per heavy atom. The van der Waals surface area contributed by atoms with E-state index in [9.17, 15) is 9.59 Å². The van der Waals surface area contributed by atoms with Gasteiger partial charge in [0.15, 0.2) is 0 Å². The first-order chi connectivity index (χ1) is 16.9. The van der Waals surface area contributed by atoms with E-state index in [0.717, 1.165) is 58.9 Å². The Balaban J connectivity index is 1.57. The van der Waals surface area contributed by atoms with Crippen molar-refractivity contribution >= 4 is 40.7 Å². The summed E-state index contributed by atoms with van der Waals surface area (Å²) in [6.07, 6.45) is 6.07. The normalized spacial score (nSPS) is 16.6. The summed E-state index contributed by atoms with van der Waals surface area (Å²) in [6, 6.07) is 11.5. The highest BCUT2D eigenvalue weighted by Crippen LogP contribution is 2.39. The first kappa shape index (κ1) is 23.3. The van der Waals surface area contributed by atoms with Crippen LogP contribution in [0.15, 0.2) is 47.1 Å². The number of rotatable bonds is 5. The summed E-state index contributed by atoms with van der Waals surface area (Å²) >= 11 is 1.69.